The predicted octanol–water partition coefficient (Wildman–Crippen LogP) is 3.77. The lowest BCUT2D eigenvalue weighted by atomic mass is 9.90. The zero-order valence-electron chi connectivity index (χ0n) is 10.1. The Morgan fingerprint density at radius 3 is 2.44 bits per heavy atom. The molecule has 0 amide bonds. The van der Waals surface area contributed by atoms with Crippen LogP contribution in [0.5, 0.6) is 0 Å². The Bertz CT molecular complexity index is 340. The van der Waals surface area contributed by atoms with Crippen LogP contribution in [0.15, 0.2) is 28.7 Å². The molecule has 0 spiro atoms. The first-order chi connectivity index (χ1) is 7.66. The molecule has 0 aromatic heterocycles. The van der Waals surface area contributed by atoms with E-state index in [1.54, 1.807) is 0 Å². The Morgan fingerprint density at radius 1 is 1.31 bits per heavy atom. The maximum atomic E-state index is 3.57. The van der Waals surface area contributed by atoms with Crippen LogP contribution < -0.4 is 5.32 Å². The third kappa shape index (κ3) is 2.67. The van der Waals surface area contributed by atoms with E-state index >= 15 is 0 Å². The highest BCUT2D eigenvalue weighted by Gasteiger charge is 2.46. The summed E-state index contributed by atoms with van der Waals surface area (Å²) in [4.78, 5) is 0. The molecule has 16 heavy (non-hydrogen) atoms. The van der Waals surface area contributed by atoms with Gasteiger partial charge in [-0.05, 0) is 55.8 Å². The van der Waals surface area contributed by atoms with Crippen molar-refractivity contribution in [1.29, 1.82) is 0 Å². The first-order valence-corrected chi connectivity index (χ1v) is 6.93. The summed E-state index contributed by atoms with van der Waals surface area (Å²) < 4.78 is 1.17. The van der Waals surface area contributed by atoms with Crippen LogP contribution in [0.4, 0.5) is 0 Å². The van der Waals surface area contributed by atoms with E-state index in [4.69, 9.17) is 0 Å². The fraction of sp³-hybridized carbons (Fsp3) is 0.571. The lowest BCUT2D eigenvalue weighted by Gasteiger charge is -2.24. The van der Waals surface area contributed by atoms with Gasteiger partial charge >= 0.3 is 0 Å². The third-order valence-corrected chi connectivity index (χ3v) is 4.32. The van der Waals surface area contributed by atoms with Gasteiger partial charge in [0.2, 0.25) is 0 Å². The number of rotatable bonds is 5. The molecule has 2 heteroatoms. The van der Waals surface area contributed by atoms with Crippen molar-refractivity contribution in [3.8, 4) is 0 Å². The second kappa shape index (κ2) is 4.89. The largest absolute Gasteiger partial charge is 0.314 e. The molecule has 2 rings (SSSR count). The van der Waals surface area contributed by atoms with Crippen molar-refractivity contribution in [2.24, 2.45) is 5.41 Å². The van der Waals surface area contributed by atoms with Crippen molar-refractivity contribution in [2.45, 2.75) is 39.2 Å². The topological polar surface area (TPSA) is 12.0 Å². The molecule has 1 unspecified atom stereocenters. The molecular weight excluding hydrogens is 262 g/mol. The van der Waals surface area contributed by atoms with Gasteiger partial charge in [0.1, 0.15) is 0 Å². The summed E-state index contributed by atoms with van der Waals surface area (Å²) in [5, 5.41) is 3.57. The maximum Gasteiger partial charge on any atom is 0.0175 e. The standard InChI is InChI=1S/C14H20BrN/c1-3-16-11(2)14(8-9-14)10-12-4-6-13(15)7-5-12/h4-7,11,16H,3,8-10H2,1-2H3. The molecule has 1 atom stereocenters. The number of halogens is 1. The summed E-state index contributed by atoms with van der Waals surface area (Å²) in [6.07, 6.45) is 3.96. The van der Waals surface area contributed by atoms with Gasteiger partial charge in [0.15, 0.2) is 0 Å². The van der Waals surface area contributed by atoms with Gasteiger partial charge in [-0.1, -0.05) is 35.0 Å². The van der Waals surface area contributed by atoms with Gasteiger partial charge in [-0.3, -0.25) is 0 Å². The molecule has 1 nitrogen and oxygen atoms in total. The zero-order chi connectivity index (χ0) is 11.6. The molecule has 0 radical (unpaired) electrons. The Labute approximate surface area is 107 Å². The molecule has 0 aliphatic heterocycles. The molecule has 1 aliphatic carbocycles. The second-order valence-corrected chi connectivity index (χ2v) is 5.86. The minimum Gasteiger partial charge on any atom is -0.314 e. The van der Waals surface area contributed by atoms with Crippen LogP contribution in [0.25, 0.3) is 0 Å². The van der Waals surface area contributed by atoms with Crippen LogP contribution in [0.3, 0.4) is 0 Å². The number of hydrogen-bond donors (Lipinski definition) is 1. The molecule has 0 heterocycles. The minimum atomic E-state index is 0.532. The predicted molar refractivity (Wildman–Crippen MR) is 72.7 cm³/mol. The SMILES string of the molecule is CCNC(C)C1(Cc2ccc(Br)cc2)CC1. The van der Waals surface area contributed by atoms with E-state index in [0.717, 1.165) is 6.54 Å². The molecule has 1 saturated carbocycles. The highest BCUT2D eigenvalue weighted by molar-refractivity contribution is 9.10. The van der Waals surface area contributed by atoms with Gasteiger partial charge in [-0.2, -0.15) is 0 Å². The van der Waals surface area contributed by atoms with Gasteiger partial charge in [0, 0.05) is 10.5 Å². The Kier molecular flexibility index (Phi) is 3.70. The highest BCUT2D eigenvalue weighted by Crippen LogP contribution is 2.51. The quantitative estimate of drug-likeness (QED) is 0.867. The van der Waals surface area contributed by atoms with Gasteiger partial charge in [0.25, 0.3) is 0 Å². The molecule has 1 N–H and O–H groups in total. The third-order valence-electron chi connectivity index (χ3n) is 3.79. The summed E-state index contributed by atoms with van der Waals surface area (Å²) in [7, 11) is 0. The van der Waals surface area contributed by atoms with Crippen LogP contribution >= 0.6 is 15.9 Å². The van der Waals surface area contributed by atoms with E-state index in [0.29, 0.717) is 11.5 Å². The summed E-state index contributed by atoms with van der Waals surface area (Å²) in [5.41, 5.74) is 1.99. The molecule has 0 bridgehead atoms. The number of hydrogen-bond acceptors (Lipinski definition) is 1. The first-order valence-electron chi connectivity index (χ1n) is 6.14. The molecule has 88 valence electrons. The van der Waals surface area contributed by atoms with Crippen LogP contribution in [0, 0.1) is 5.41 Å². The normalized spacial score (nSPS) is 19.4. The smallest absolute Gasteiger partial charge is 0.0175 e. The zero-order valence-corrected chi connectivity index (χ0v) is 11.7. The van der Waals surface area contributed by atoms with Crippen LogP contribution in [-0.4, -0.2) is 12.6 Å². The summed E-state index contributed by atoms with van der Waals surface area (Å²) in [5.74, 6) is 0. The van der Waals surface area contributed by atoms with Crippen molar-refractivity contribution in [2.75, 3.05) is 6.54 Å². The average Bonchev–Trinajstić information content (AvgIpc) is 3.03. The monoisotopic (exact) mass is 281 g/mol. The number of nitrogens with one attached hydrogen (secondary N) is 1. The van der Waals surface area contributed by atoms with Gasteiger partial charge in [0.05, 0.1) is 0 Å². The van der Waals surface area contributed by atoms with Crippen LogP contribution in [0.1, 0.15) is 32.3 Å². The molecular formula is C14H20BrN. The van der Waals surface area contributed by atoms with Crippen LogP contribution in [-0.2, 0) is 6.42 Å². The van der Waals surface area contributed by atoms with Gasteiger partial charge in [-0.15, -0.1) is 0 Å². The Hall–Kier alpha value is -0.340. The van der Waals surface area contributed by atoms with E-state index < -0.39 is 0 Å². The summed E-state index contributed by atoms with van der Waals surface area (Å²) in [6.45, 7) is 5.59. The lowest BCUT2D eigenvalue weighted by molar-refractivity contribution is 0.355. The van der Waals surface area contributed by atoms with E-state index in [-0.39, 0.29) is 0 Å². The summed E-state index contributed by atoms with van der Waals surface area (Å²) >= 11 is 3.48. The van der Waals surface area contributed by atoms with E-state index in [1.807, 2.05) is 0 Å². The number of benzene rings is 1. The van der Waals surface area contributed by atoms with Crippen molar-refractivity contribution >= 4 is 15.9 Å². The second-order valence-electron chi connectivity index (χ2n) is 4.94. The first kappa shape index (κ1) is 12.1. The van der Waals surface area contributed by atoms with Crippen molar-refractivity contribution in [1.82, 2.24) is 5.32 Å². The average molecular weight is 282 g/mol. The van der Waals surface area contributed by atoms with Crippen molar-refractivity contribution < 1.29 is 0 Å². The van der Waals surface area contributed by atoms with Crippen molar-refractivity contribution in [3.05, 3.63) is 34.3 Å². The Morgan fingerprint density at radius 2 is 1.94 bits per heavy atom. The molecule has 1 aliphatic rings. The maximum absolute atomic E-state index is 3.57. The van der Waals surface area contributed by atoms with E-state index in [9.17, 15) is 0 Å². The molecule has 1 aromatic rings. The Balaban J connectivity index is 2.01. The van der Waals surface area contributed by atoms with E-state index in [2.05, 4.69) is 59.4 Å². The minimum absolute atomic E-state index is 0.532. The lowest BCUT2D eigenvalue weighted by Crippen LogP contribution is -2.35. The van der Waals surface area contributed by atoms with Gasteiger partial charge < -0.3 is 5.32 Å². The fourth-order valence-electron chi connectivity index (χ4n) is 2.45. The fourth-order valence-corrected chi connectivity index (χ4v) is 2.72. The highest BCUT2D eigenvalue weighted by atomic mass is 79.9. The van der Waals surface area contributed by atoms with Gasteiger partial charge in [-0.25, -0.2) is 0 Å². The van der Waals surface area contributed by atoms with E-state index in [1.165, 1.54) is 29.3 Å². The molecule has 1 fully saturated rings. The molecule has 0 saturated heterocycles. The molecule has 1 aromatic carbocycles. The summed E-state index contributed by atoms with van der Waals surface area (Å²) in [6, 6.07) is 9.40. The van der Waals surface area contributed by atoms with Crippen molar-refractivity contribution in [3.63, 3.8) is 0 Å². The van der Waals surface area contributed by atoms with Crippen LogP contribution in [0.2, 0.25) is 0 Å².